The van der Waals surface area contributed by atoms with Crippen molar-refractivity contribution in [3.8, 4) is 17.2 Å². The van der Waals surface area contributed by atoms with Gasteiger partial charge in [-0.25, -0.2) is 0 Å². The fourth-order valence-electron chi connectivity index (χ4n) is 3.25. The molecule has 4 nitrogen and oxygen atoms in total. The monoisotopic (exact) mass is 324 g/mol. The van der Waals surface area contributed by atoms with Gasteiger partial charge in [-0.05, 0) is 67.1 Å². The highest BCUT2D eigenvalue weighted by Gasteiger charge is 2.16. The van der Waals surface area contributed by atoms with E-state index in [9.17, 15) is 4.79 Å². The summed E-state index contributed by atoms with van der Waals surface area (Å²) in [4.78, 5) is 12.4. The molecule has 0 amide bonds. The van der Waals surface area contributed by atoms with Crippen LogP contribution in [0, 0.1) is 0 Å². The quantitative estimate of drug-likeness (QED) is 0.806. The molecule has 0 radical (unpaired) electrons. The zero-order chi connectivity index (χ0) is 16.4. The van der Waals surface area contributed by atoms with Gasteiger partial charge in [0, 0.05) is 5.56 Å². The van der Waals surface area contributed by atoms with Gasteiger partial charge in [0.25, 0.3) is 0 Å². The van der Waals surface area contributed by atoms with Crippen LogP contribution in [0.3, 0.4) is 0 Å². The molecular formula is C20H20O4. The molecule has 0 N–H and O–H groups in total. The Morgan fingerprint density at radius 2 is 1.71 bits per heavy atom. The molecular weight excluding hydrogens is 304 g/mol. The van der Waals surface area contributed by atoms with Crippen molar-refractivity contribution in [3.05, 3.63) is 53.1 Å². The van der Waals surface area contributed by atoms with E-state index in [1.165, 1.54) is 24.0 Å². The zero-order valence-corrected chi connectivity index (χ0v) is 13.5. The maximum absolute atomic E-state index is 12.4. The van der Waals surface area contributed by atoms with Gasteiger partial charge in [0.2, 0.25) is 0 Å². The van der Waals surface area contributed by atoms with Crippen molar-refractivity contribution < 1.29 is 19.0 Å². The molecule has 2 aliphatic rings. The molecule has 1 aliphatic heterocycles. The van der Waals surface area contributed by atoms with Crippen molar-refractivity contribution in [2.24, 2.45) is 0 Å². The fourth-order valence-corrected chi connectivity index (χ4v) is 3.25. The lowest BCUT2D eigenvalue weighted by Crippen LogP contribution is -2.17. The second kappa shape index (κ2) is 6.56. The first kappa shape index (κ1) is 15.1. The van der Waals surface area contributed by atoms with Crippen LogP contribution in [0.5, 0.6) is 17.2 Å². The summed E-state index contributed by atoms with van der Waals surface area (Å²) in [6.45, 7) is 1.08. The molecule has 0 atom stereocenters. The van der Waals surface area contributed by atoms with E-state index >= 15 is 0 Å². The van der Waals surface area contributed by atoms with Gasteiger partial charge in [-0.15, -0.1) is 0 Å². The highest BCUT2D eigenvalue weighted by atomic mass is 16.6. The Balaban J connectivity index is 1.43. The molecule has 0 aromatic heterocycles. The Hall–Kier alpha value is -2.49. The number of hydrogen-bond donors (Lipinski definition) is 0. The van der Waals surface area contributed by atoms with E-state index in [1.807, 2.05) is 6.07 Å². The van der Waals surface area contributed by atoms with E-state index in [2.05, 4.69) is 12.1 Å². The Labute approximate surface area is 141 Å². The number of ketones is 1. The van der Waals surface area contributed by atoms with Gasteiger partial charge >= 0.3 is 0 Å². The molecule has 0 fully saturated rings. The minimum Gasteiger partial charge on any atom is -0.486 e. The number of rotatable bonds is 4. The normalized spacial score (nSPS) is 15.5. The predicted octanol–water partition coefficient (Wildman–Crippen LogP) is 3.60. The first-order chi connectivity index (χ1) is 11.8. The van der Waals surface area contributed by atoms with Crippen LogP contribution in [0.25, 0.3) is 0 Å². The molecule has 1 aliphatic carbocycles. The van der Waals surface area contributed by atoms with Crippen LogP contribution in [0.1, 0.15) is 34.3 Å². The number of carbonyl (C=O) groups is 1. The Morgan fingerprint density at radius 3 is 2.58 bits per heavy atom. The second-order valence-corrected chi connectivity index (χ2v) is 6.21. The molecule has 0 saturated carbocycles. The molecule has 124 valence electrons. The van der Waals surface area contributed by atoms with Crippen LogP contribution < -0.4 is 14.2 Å². The Morgan fingerprint density at radius 1 is 0.917 bits per heavy atom. The van der Waals surface area contributed by atoms with Crippen LogP contribution in [0.15, 0.2) is 36.4 Å². The maximum Gasteiger partial charge on any atom is 0.200 e. The van der Waals surface area contributed by atoms with Gasteiger partial charge < -0.3 is 14.2 Å². The summed E-state index contributed by atoms with van der Waals surface area (Å²) in [6, 6.07) is 11.4. The topological polar surface area (TPSA) is 44.8 Å². The highest BCUT2D eigenvalue weighted by molar-refractivity contribution is 5.97. The van der Waals surface area contributed by atoms with E-state index in [0.29, 0.717) is 30.3 Å². The van der Waals surface area contributed by atoms with Crippen LogP contribution in [0.4, 0.5) is 0 Å². The van der Waals surface area contributed by atoms with Crippen molar-refractivity contribution in [1.82, 2.24) is 0 Å². The summed E-state index contributed by atoms with van der Waals surface area (Å²) in [7, 11) is 0. The lowest BCUT2D eigenvalue weighted by atomic mass is 9.92. The zero-order valence-electron chi connectivity index (χ0n) is 13.5. The third kappa shape index (κ3) is 3.09. The highest BCUT2D eigenvalue weighted by Crippen LogP contribution is 2.31. The number of fused-ring (bicyclic) bond motifs is 2. The van der Waals surface area contributed by atoms with Gasteiger partial charge in [0.05, 0.1) is 0 Å². The van der Waals surface area contributed by atoms with Gasteiger partial charge in [-0.3, -0.25) is 4.79 Å². The molecule has 0 saturated heterocycles. The summed E-state index contributed by atoms with van der Waals surface area (Å²) in [5, 5.41) is 0. The average Bonchev–Trinajstić information content (AvgIpc) is 2.65. The van der Waals surface area contributed by atoms with E-state index in [4.69, 9.17) is 14.2 Å². The van der Waals surface area contributed by atoms with Crippen LogP contribution in [0.2, 0.25) is 0 Å². The number of hydrogen-bond acceptors (Lipinski definition) is 4. The van der Waals surface area contributed by atoms with E-state index in [-0.39, 0.29) is 12.4 Å². The minimum atomic E-state index is -0.0651. The van der Waals surface area contributed by atoms with Crippen molar-refractivity contribution >= 4 is 5.78 Å². The van der Waals surface area contributed by atoms with Gasteiger partial charge in [0.1, 0.15) is 19.0 Å². The lowest BCUT2D eigenvalue weighted by molar-refractivity contribution is 0.0920. The lowest BCUT2D eigenvalue weighted by Gasteiger charge is -2.19. The van der Waals surface area contributed by atoms with Crippen molar-refractivity contribution in [3.63, 3.8) is 0 Å². The van der Waals surface area contributed by atoms with Crippen molar-refractivity contribution in [2.45, 2.75) is 25.7 Å². The molecule has 4 heteroatoms. The SMILES string of the molecule is O=C(COc1ccc2c(c1)CCCC2)c1ccc2c(c1)OCCO2. The third-order valence-electron chi connectivity index (χ3n) is 4.55. The minimum absolute atomic E-state index is 0.0262. The van der Waals surface area contributed by atoms with Crippen LogP contribution >= 0.6 is 0 Å². The van der Waals surface area contributed by atoms with Crippen LogP contribution in [-0.4, -0.2) is 25.6 Å². The number of Topliss-reactive ketones (excluding diaryl/α,β-unsaturated/α-hetero) is 1. The van der Waals surface area contributed by atoms with E-state index in [0.717, 1.165) is 18.6 Å². The Kier molecular flexibility index (Phi) is 4.11. The summed E-state index contributed by atoms with van der Waals surface area (Å²) in [5.74, 6) is 2.01. The summed E-state index contributed by atoms with van der Waals surface area (Å²) in [6.07, 6.45) is 4.73. The van der Waals surface area contributed by atoms with Gasteiger partial charge in [-0.1, -0.05) is 6.07 Å². The first-order valence-electron chi connectivity index (χ1n) is 8.47. The van der Waals surface area contributed by atoms with Crippen molar-refractivity contribution in [1.29, 1.82) is 0 Å². The summed E-state index contributed by atoms with van der Waals surface area (Å²) < 4.78 is 16.7. The van der Waals surface area contributed by atoms with Gasteiger partial charge in [-0.2, -0.15) is 0 Å². The average molecular weight is 324 g/mol. The maximum atomic E-state index is 12.4. The fraction of sp³-hybridized carbons (Fsp3) is 0.350. The summed E-state index contributed by atoms with van der Waals surface area (Å²) in [5.41, 5.74) is 3.34. The number of carbonyl (C=O) groups excluding carboxylic acids is 1. The van der Waals surface area contributed by atoms with Gasteiger partial charge in [0.15, 0.2) is 23.9 Å². The molecule has 1 heterocycles. The number of ether oxygens (including phenoxy) is 3. The molecule has 24 heavy (non-hydrogen) atoms. The van der Waals surface area contributed by atoms with E-state index in [1.54, 1.807) is 18.2 Å². The number of aryl methyl sites for hydroxylation is 2. The molecule has 0 unspecified atom stereocenters. The number of benzene rings is 2. The predicted molar refractivity (Wildman–Crippen MR) is 90.3 cm³/mol. The van der Waals surface area contributed by atoms with Crippen molar-refractivity contribution in [2.75, 3.05) is 19.8 Å². The third-order valence-corrected chi connectivity index (χ3v) is 4.55. The first-order valence-corrected chi connectivity index (χ1v) is 8.47. The molecule has 4 rings (SSSR count). The molecule has 0 bridgehead atoms. The summed E-state index contributed by atoms with van der Waals surface area (Å²) >= 11 is 0. The molecule has 0 spiro atoms. The standard InChI is InChI=1S/C20H20O4/c21-18(16-6-8-19-20(12-16)23-10-9-22-19)13-24-17-7-5-14-3-1-2-4-15(14)11-17/h5-8,11-12H,1-4,9-10,13H2. The molecule has 2 aromatic rings. The molecule has 2 aromatic carbocycles. The van der Waals surface area contributed by atoms with E-state index < -0.39 is 0 Å². The largest absolute Gasteiger partial charge is 0.486 e. The van der Waals surface area contributed by atoms with Crippen LogP contribution in [-0.2, 0) is 12.8 Å². The Bertz CT molecular complexity index is 766. The smallest absolute Gasteiger partial charge is 0.200 e. The second-order valence-electron chi connectivity index (χ2n) is 6.21.